The number of hydrogen-bond acceptors (Lipinski definition) is 1. The molecule has 1 nitrogen and oxygen atoms in total. The molecule has 0 aliphatic rings. The summed E-state index contributed by atoms with van der Waals surface area (Å²) < 4.78 is 0. The second kappa shape index (κ2) is 7.34. The monoisotopic (exact) mass is 403 g/mol. The lowest BCUT2D eigenvalue weighted by Gasteiger charge is -2.18. The quantitative estimate of drug-likeness (QED) is 0.273. The fraction of sp³-hybridized carbons (Fsp3) is 0.0357. The van der Waals surface area contributed by atoms with Gasteiger partial charge in [-0.15, -0.1) is 0 Å². The molecule has 0 spiro atoms. The molecule has 5 aromatic rings. The lowest BCUT2D eigenvalue weighted by Crippen LogP contribution is -1.91. The van der Waals surface area contributed by atoms with Crippen molar-refractivity contribution < 1.29 is 0 Å². The molecule has 30 heavy (non-hydrogen) atoms. The molecule has 0 saturated heterocycles. The summed E-state index contributed by atoms with van der Waals surface area (Å²) in [7, 11) is 0. The Balaban J connectivity index is 1.96. The van der Waals surface area contributed by atoms with Crippen LogP contribution in [0.3, 0.4) is 0 Å². The van der Waals surface area contributed by atoms with E-state index in [1.54, 1.807) is 0 Å². The average Bonchev–Trinajstić information content (AvgIpc) is 2.78. The molecular formula is C28H18ClN. The number of halogens is 1. The first-order valence-corrected chi connectivity index (χ1v) is 10.2. The third-order valence-electron chi connectivity index (χ3n) is 5.62. The van der Waals surface area contributed by atoms with Crippen molar-refractivity contribution in [1.82, 2.24) is 0 Å². The summed E-state index contributed by atoms with van der Waals surface area (Å²) in [4.78, 5) is 0. The summed E-state index contributed by atoms with van der Waals surface area (Å²) in [6.07, 6.45) is 0. The van der Waals surface area contributed by atoms with Crippen molar-refractivity contribution in [3.63, 3.8) is 0 Å². The predicted molar refractivity (Wildman–Crippen MR) is 127 cm³/mol. The predicted octanol–water partition coefficient (Wildman–Crippen LogP) is 8.16. The molecule has 5 aromatic carbocycles. The van der Waals surface area contributed by atoms with Crippen LogP contribution in [-0.2, 0) is 0 Å². The molecule has 0 amide bonds. The van der Waals surface area contributed by atoms with Crippen LogP contribution in [-0.4, -0.2) is 0 Å². The van der Waals surface area contributed by atoms with Crippen LogP contribution in [0.15, 0.2) is 91.0 Å². The molecule has 0 unspecified atom stereocenters. The molecule has 0 atom stereocenters. The summed E-state index contributed by atoms with van der Waals surface area (Å²) in [5.74, 6) is 0. The molecule has 0 aliphatic heterocycles. The van der Waals surface area contributed by atoms with Crippen molar-refractivity contribution >= 4 is 33.1 Å². The Labute approximate surface area is 180 Å². The molecule has 0 aliphatic carbocycles. The van der Waals surface area contributed by atoms with Gasteiger partial charge in [-0.05, 0) is 75.0 Å². The highest BCUT2D eigenvalue weighted by Gasteiger charge is 2.16. The smallest absolute Gasteiger partial charge is 0.0991 e. The van der Waals surface area contributed by atoms with Gasteiger partial charge in [0, 0.05) is 5.02 Å². The Bertz CT molecular complexity index is 1440. The van der Waals surface area contributed by atoms with Crippen molar-refractivity contribution in [3.05, 3.63) is 107 Å². The van der Waals surface area contributed by atoms with Crippen molar-refractivity contribution in [1.29, 1.82) is 5.26 Å². The van der Waals surface area contributed by atoms with Crippen LogP contribution in [0.4, 0.5) is 0 Å². The van der Waals surface area contributed by atoms with Crippen molar-refractivity contribution in [2.45, 2.75) is 6.92 Å². The maximum atomic E-state index is 9.20. The molecule has 0 radical (unpaired) electrons. The van der Waals surface area contributed by atoms with Crippen LogP contribution < -0.4 is 0 Å². The van der Waals surface area contributed by atoms with E-state index in [1.807, 2.05) is 36.4 Å². The average molecular weight is 404 g/mol. The molecule has 142 valence electrons. The SMILES string of the molecule is Cc1ccc2c(-c3ccc(Cl)cc3)c3ccccc3c(-c3ccc(C#N)cc3)c2c1. The van der Waals surface area contributed by atoms with E-state index in [4.69, 9.17) is 11.6 Å². The molecule has 0 N–H and O–H groups in total. The summed E-state index contributed by atoms with van der Waals surface area (Å²) in [6, 6.07) is 33.3. The van der Waals surface area contributed by atoms with Gasteiger partial charge in [-0.2, -0.15) is 5.26 Å². The van der Waals surface area contributed by atoms with Crippen LogP contribution in [0, 0.1) is 18.3 Å². The first kappa shape index (κ1) is 18.4. The Hall–Kier alpha value is -3.60. The lowest BCUT2D eigenvalue weighted by atomic mass is 9.85. The van der Waals surface area contributed by atoms with Gasteiger partial charge in [0.1, 0.15) is 0 Å². The van der Waals surface area contributed by atoms with Crippen LogP contribution >= 0.6 is 11.6 Å². The minimum absolute atomic E-state index is 0.668. The van der Waals surface area contributed by atoms with E-state index in [-0.39, 0.29) is 0 Å². The molecular weight excluding hydrogens is 386 g/mol. The van der Waals surface area contributed by atoms with Gasteiger partial charge in [-0.3, -0.25) is 0 Å². The number of aryl methyl sites for hydroxylation is 1. The Morgan fingerprint density at radius 1 is 0.633 bits per heavy atom. The van der Waals surface area contributed by atoms with Crippen molar-refractivity contribution in [3.8, 4) is 28.3 Å². The zero-order valence-electron chi connectivity index (χ0n) is 16.5. The second-order valence-electron chi connectivity index (χ2n) is 7.54. The molecule has 0 heterocycles. The molecule has 5 rings (SSSR count). The van der Waals surface area contributed by atoms with E-state index in [0.717, 1.165) is 16.1 Å². The first-order chi connectivity index (χ1) is 14.7. The second-order valence-corrected chi connectivity index (χ2v) is 7.98. The Morgan fingerprint density at radius 3 is 1.77 bits per heavy atom. The van der Waals surface area contributed by atoms with Gasteiger partial charge >= 0.3 is 0 Å². The maximum Gasteiger partial charge on any atom is 0.0991 e. The summed E-state index contributed by atoms with van der Waals surface area (Å²) in [5.41, 5.74) is 6.57. The highest BCUT2D eigenvalue weighted by molar-refractivity contribution is 6.30. The van der Waals surface area contributed by atoms with Gasteiger partial charge in [0.15, 0.2) is 0 Å². The van der Waals surface area contributed by atoms with Gasteiger partial charge in [0.25, 0.3) is 0 Å². The topological polar surface area (TPSA) is 23.8 Å². The summed E-state index contributed by atoms with van der Waals surface area (Å²) in [5, 5.41) is 14.8. The number of hydrogen-bond donors (Lipinski definition) is 0. The number of rotatable bonds is 2. The molecule has 0 saturated carbocycles. The van der Waals surface area contributed by atoms with Gasteiger partial charge in [0.2, 0.25) is 0 Å². The van der Waals surface area contributed by atoms with Crippen LogP contribution in [0.5, 0.6) is 0 Å². The standard InChI is InChI=1S/C28H18ClN/c1-18-6-15-25-26(16-18)28(20-9-7-19(17-30)8-10-20)24-5-3-2-4-23(24)27(25)21-11-13-22(29)14-12-21/h2-16H,1H3. The zero-order chi connectivity index (χ0) is 20.7. The zero-order valence-corrected chi connectivity index (χ0v) is 17.2. The first-order valence-electron chi connectivity index (χ1n) is 9.87. The van der Waals surface area contributed by atoms with Gasteiger partial charge in [-0.1, -0.05) is 83.9 Å². The van der Waals surface area contributed by atoms with Crippen LogP contribution in [0.1, 0.15) is 11.1 Å². The fourth-order valence-corrected chi connectivity index (χ4v) is 4.37. The van der Waals surface area contributed by atoms with E-state index in [9.17, 15) is 5.26 Å². The fourth-order valence-electron chi connectivity index (χ4n) is 4.24. The lowest BCUT2D eigenvalue weighted by molar-refractivity contribution is 1.48. The van der Waals surface area contributed by atoms with Gasteiger partial charge in [-0.25, -0.2) is 0 Å². The van der Waals surface area contributed by atoms with E-state index < -0.39 is 0 Å². The number of fused-ring (bicyclic) bond motifs is 2. The van der Waals surface area contributed by atoms with E-state index in [2.05, 4.69) is 67.6 Å². The molecule has 0 bridgehead atoms. The van der Waals surface area contributed by atoms with Crippen molar-refractivity contribution in [2.24, 2.45) is 0 Å². The van der Waals surface area contributed by atoms with E-state index >= 15 is 0 Å². The van der Waals surface area contributed by atoms with Crippen molar-refractivity contribution in [2.75, 3.05) is 0 Å². The molecule has 0 fully saturated rings. The highest BCUT2D eigenvalue weighted by atomic mass is 35.5. The summed E-state index contributed by atoms with van der Waals surface area (Å²) in [6.45, 7) is 2.12. The number of nitriles is 1. The number of benzene rings is 5. The Morgan fingerprint density at radius 2 is 1.17 bits per heavy atom. The number of nitrogens with zero attached hydrogens (tertiary/aromatic N) is 1. The van der Waals surface area contributed by atoms with Gasteiger partial charge < -0.3 is 0 Å². The minimum atomic E-state index is 0.668. The minimum Gasteiger partial charge on any atom is -0.192 e. The highest BCUT2D eigenvalue weighted by Crippen LogP contribution is 2.43. The van der Waals surface area contributed by atoms with Gasteiger partial charge in [0.05, 0.1) is 11.6 Å². The largest absolute Gasteiger partial charge is 0.192 e. The molecule has 2 heteroatoms. The van der Waals surface area contributed by atoms with E-state index in [1.165, 1.54) is 38.2 Å². The normalized spacial score (nSPS) is 11.0. The Kier molecular flexibility index (Phi) is 4.51. The van der Waals surface area contributed by atoms with E-state index in [0.29, 0.717) is 5.56 Å². The summed E-state index contributed by atoms with van der Waals surface area (Å²) >= 11 is 6.16. The maximum absolute atomic E-state index is 9.20. The third-order valence-corrected chi connectivity index (χ3v) is 5.87. The van der Waals surface area contributed by atoms with Crippen LogP contribution in [0.25, 0.3) is 43.8 Å². The molecule has 0 aromatic heterocycles. The third kappa shape index (κ3) is 3.03. The van der Waals surface area contributed by atoms with Crippen LogP contribution in [0.2, 0.25) is 5.02 Å².